The summed E-state index contributed by atoms with van der Waals surface area (Å²) in [5, 5.41) is 7.81. The van der Waals surface area contributed by atoms with E-state index in [0.717, 1.165) is 22.3 Å². The maximum Gasteiger partial charge on any atom is 0.124 e. The molecule has 0 unspecified atom stereocenters. The van der Waals surface area contributed by atoms with E-state index in [4.69, 9.17) is 0 Å². The highest BCUT2D eigenvalue weighted by atomic mass is 79.9. The third-order valence-electron chi connectivity index (χ3n) is 3.29. The highest BCUT2D eigenvalue weighted by Gasteiger charge is 2.20. The number of hydrogen-bond acceptors (Lipinski definition) is 2. The van der Waals surface area contributed by atoms with Crippen molar-refractivity contribution in [3.63, 3.8) is 0 Å². The van der Waals surface area contributed by atoms with Gasteiger partial charge in [0.1, 0.15) is 5.82 Å². The summed E-state index contributed by atoms with van der Waals surface area (Å²) in [6, 6.07) is 7.46. The van der Waals surface area contributed by atoms with Crippen molar-refractivity contribution in [2.45, 2.75) is 32.0 Å². The van der Waals surface area contributed by atoms with Crippen molar-refractivity contribution >= 4 is 15.9 Å². The Balaban J connectivity index is 1.73. The van der Waals surface area contributed by atoms with Crippen LogP contribution in [0.4, 0.5) is 4.39 Å². The van der Waals surface area contributed by atoms with Crippen molar-refractivity contribution < 1.29 is 4.39 Å². The zero-order valence-electron chi connectivity index (χ0n) is 10.4. The molecule has 1 heterocycles. The minimum Gasteiger partial charge on any atom is -0.308 e. The minimum absolute atomic E-state index is 0.230. The third-order valence-corrected chi connectivity index (χ3v) is 4.03. The van der Waals surface area contributed by atoms with Gasteiger partial charge in [0.05, 0.1) is 12.2 Å². The Labute approximate surface area is 119 Å². The van der Waals surface area contributed by atoms with Gasteiger partial charge in [-0.25, -0.2) is 4.39 Å². The minimum atomic E-state index is -0.230. The van der Waals surface area contributed by atoms with E-state index < -0.39 is 0 Å². The van der Waals surface area contributed by atoms with Gasteiger partial charge in [-0.1, -0.05) is 22.0 Å². The largest absolute Gasteiger partial charge is 0.308 e. The molecule has 1 aliphatic carbocycles. The first-order valence-electron chi connectivity index (χ1n) is 6.40. The second kappa shape index (κ2) is 5.43. The number of aromatic nitrogens is 2. The Bertz CT molecular complexity index is 578. The van der Waals surface area contributed by atoms with E-state index in [2.05, 4.69) is 26.3 Å². The molecule has 0 atom stereocenters. The molecule has 0 spiro atoms. The van der Waals surface area contributed by atoms with Crippen LogP contribution < -0.4 is 5.32 Å². The average Bonchev–Trinajstić information content (AvgIpc) is 3.11. The number of nitrogens with one attached hydrogen (secondary N) is 1. The average molecular weight is 324 g/mol. The summed E-state index contributed by atoms with van der Waals surface area (Å²) in [6.07, 6.45) is 4.36. The van der Waals surface area contributed by atoms with Gasteiger partial charge >= 0.3 is 0 Å². The van der Waals surface area contributed by atoms with Crippen LogP contribution in [-0.2, 0) is 13.1 Å². The molecular weight excluding hydrogens is 309 g/mol. The number of halogens is 2. The molecule has 1 saturated carbocycles. The summed E-state index contributed by atoms with van der Waals surface area (Å²) in [5.74, 6) is -0.230. The van der Waals surface area contributed by atoms with E-state index in [1.54, 1.807) is 12.3 Å². The molecule has 0 radical (unpaired) electrons. The lowest BCUT2D eigenvalue weighted by atomic mass is 10.2. The zero-order valence-corrected chi connectivity index (χ0v) is 12.0. The standard InChI is InChI=1S/C14H15BrFN3/c15-14-7-11(16)2-1-10(14)9-19-13(5-6-18-19)8-17-12-3-4-12/h1-2,5-7,12,17H,3-4,8-9H2. The Morgan fingerprint density at radius 3 is 2.95 bits per heavy atom. The molecule has 5 heteroatoms. The Morgan fingerprint density at radius 2 is 2.21 bits per heavy atom. The summed E-state index contributed by atoms with van der Waals surface area (Å²) in [6.45, 7) is 1.49. The van der Waals surface area contributed by atoms with Crippen molar-refractivity contribution in [1.82, 2.24) is 15.1 Å². The maximum absolute atomic E-state index is 13.1. The van der Waals surface area contributed by atoms with E-state index in [1.165, 1.54) is 25.0 Å². The van der Waals surface area contributed by atoms with Crippen LogP contribution >= 0.6 is 15.9 Å². The van der Waals surface area contributed by atoms with Gasteiger partial charge in [0.25, 0.3) is 0 Å². The van der Waals surface area contributed by atoms with Gasteiger partial charge < -0.3 is 5.32 Å². The Kier molecular flexibility index (Phi) is 3.66. The monoisotopic (exact) mass is 323 g/mol. The molecule has 2 aromatic rings. The number of nitrogens with zero attached hydrogens (tertiary/aromatic N) is 2. The van der Waals surface area contributed by atoms with Gasteiger partial charge in [0, 0.05) is 23.3 Å². The van der Waals surface area contributed by atoms with Crippen molar-refractivity contribution in [1.29, 1.82) is 0 Å². The predicted octanol–water partition coefficient (Wildman–Crippen LogP) is 3.09. The molecule has 3 rings (SSSR count). The normalized spacial score (nSPS) is 14.8. The first-order chi connectivity index (χ1) is 9.22. The zero-order chi connectivity index (χ0) is 13.2. The molecule has 1 fully saturated rings. The molecule has 3 nitrogen and oxygen atoms in total. The second-order valence-electron chi connectivity index (χ2n) is 4.87. The van der Waals surface area contributed by atoms with Gasteiger partial charge in [0.15, 0.2) is 0 Å². The number of benzene rings is 1. The molecule has 1 aliphatic rings. The maximum atomic E-state index is 13.1. The molecule has 1 aromatic carbocycles. The lowest BCUT2D eigenvalue weighted by molar-refractivity contribution is 0.590. The van der Waals surface area contributed by atoms with Gasteiger partial charge in [0.2, 0.25) is 0 Å². The first kappa shape index (κ1) is 12.8. The van der Waals surface area contributed by atoms with Crippen LogP contribution in [0.1, 0.15) is 24.1 Å². The Morgan fingerprint density at radius 1 is 1.37 bits per heavy atom. The summed E-state index contributed by atoms with van der Waals surface area (Å²) in [4.78, 5) is 0. The fourth-order valence-electron chi connectivity index (χ4n) is 2.00. The van der Waals surface area contributed by atoms with Gasteiger partial charge in [-0.2, -0.15) is 5.10 Å². The fourth-order valence-corrected chi connectivity index (χ4v) is 2.48. The van der Waals surface area contributed by atoms with Gasteiger partial charge in [-0.05, 0) is 36.6 Å². The quantitative estimate of drug-likeness (QED) is 0.916. The van der Waals surface area contributed by atoms with Crippen molar-refractivity contribution in [2.24, 2.45) is 0 Å². The van der Waals surface area contributed by atoms with Crippen LogP contribution in [0, 0.1) is 5.82 Å². The molecule has 100 valence electrons. The van der Waals surface area contributed by atoms with Crippen LogP contribution in [-0.4, -0.2) is 15.8 Å². The van der Waals surface area contributed by atoms with Crippen LogP contribution in [0.15, 0.2) is 34.9 Å². The van der Waals surface area contributed by atoms with Crippen molar-refractivity contribution in [3.8, 4) is 0 Å². The molecule has 1 N–H and O–H groups in total. The molecule has 0 aliphatic heterocycles. The molecule has 0 saturated heterocycles. The number of rotatable bonds is 5. The molecule has 1 aromatic heterocycles. The lowest BCUT2D eigenvalue weighted by Crippen LogP contribution is -2.19. The summed E-state index contributed by atoms with van der Waals surface area (Å²) >= 11 is 3.39. The topological polar surface area (TPSA) is 29.9 Å². The van der Waals surface area contributed by atoms with E-state index in [-0.39, 0.29) is 5.82 Å². The van der Waals surface area contributed by atoms with Gasteiger partial charge in [-0.3, -0.25) is 4.68 Å². The van der Waals surface area contributed by atoms with E-state index >= 15 is 0 Å². The highest BCUT2D eigenvalue weighted by molar-refractivity contribution is 9.10. The first-order valence-corrected chi connectivity index (χ1v) is 7.19. The second-order valence-corrected chi connectivity index (χ2v) is 5.73. The van der Waals surface area contributed by atoms with Crippen molar-refractivity contribution in [3.05, 3.63) is 52.0 Å². The summed E-state index contributed by atoms with van der Waals surface area (Å²) < 4.78 is 15.8. The SMILES string of the molecule is Fc1ccc(Cn2nccc2CNC2CC2)c(Br)c1. The number of hydrogen-bond donors (Lipinski definition) is 1. The highest BCUT2D eigenvalue weighted by Crippen LogP contribution is 2.21. The van der Waals surface area contributed by atoms with Crippen LogP contribution in [0.25, 0.3) is 0 Å². The van der Waals surface area contributed by atoms with Crippen LogP contribution in [0.2, 0.25) is 0 Å². The summed E-state index contributed by atoms with van der Waals surface area (Å²) in [7, 11) is 0. The smallest absolute Gasteiger partial charge is 0.124 e. The molecule has 0 bridgehead atoms. The van der Waals surface area contributed by atoms with E-state index in [0.29, 0.717) is 12.6 Å². The summed E-state index contributed by atoms with van der Waals surface area (Å²) in [5.41, 5.74) is 2.18. The predicted molar refractivity (Wildman–Crippen MR) is 75.3 cm³/mol. The van der Waals surface area contributed by atoms with Crippen LogP contribution in [0.3, 0.4) is 0 Å². The van der Waals surface area contributed by atoms with E-state index in [1.807, 2.05) is 10.7 Å². The van der Waals surface area contributed by atoms with Crippen LogP contribution in [0.5, 0.6) is 0 Å². The fraction of sp³-hybridized carbons (Fsp3) is 0.357. The molecule has 0 amide bonds. The molecular formula is C14H15BrFN3. The third kappa shape index (κ3) is 3.22. The van der Waals surface area contributed by atoms with Gasteiger partial charge in [-0.15, -0.1) is 0 Å². The molecule has 19 heavy (non-hydrogen) atoms. The lowest BCUT2D eigenvalue weighted by Gasteiger charge is -2.10. The Hall–Kier alpha value is -1.20. The van der Waals surface area contributed by atoms with Crippen molar-refractivity contribution in [2.75, 3.05) is 0 Å². The van der Waals surface area contributed by atoms with E-state index in [9.17, 15) is 4.39 Å².